The quantitative estimate of drug-likeness (QED) is 0.871. The third-order valence-electron chi connectivity index (χ3n) is 5.08. The van der Waals surface area contributed by atoms with Crippen LogP contribution in [0.2, 0.25) is 0 Å². The number of nitrogens with zero attached hydrogens (tertiary/aromatic N) is 2. The number of fused-ring (bicyclic) bond motifs is 1. The van der Waals surface area contributed by atoms with Crippen molar-refractivity contribution in [1.29, 1.82) is 10.5 Å². The summed E-state index contributed by atoms with van der Waals surface area (Å²) in [6.07, 6.45) is 8.59. The lowest BCUT2D eigenvalue weighted by Gasteiger charge is -2.30. The fraction of sp³-hybridized carbons (Fsp3) is 0.333. The second-order valence-electron chi connectivity index (χ2n) is 6.65. The topological polar surface area (TPSA) is 52.0 Å². The summed E-state index contributed by atoms with van der Waals surface area (Å²) in [7, 11) is 2.22. The zero-order valence-corrected chi connectivity index (χ0v) is 14.0. The second kappa shape index (κ2) is 7.30. The highest BCUT2D eigenvalue weighted by atomic mass is 15.1. The first-order valence-corrected chi connectivity index (χ1v) is 8.53. The third-order valence-corrected chi connectivity index (χ3v) is 5.08. The van der Waals surface area contributed by atoms with Gasteiger partial charge in [0.25, 0.3) is 0 Å². The summed E-state index contributed by atoms with van der Waals surface area (Å²) in [5, 5.41) is 18.2. The molecule has 0 heterocycles. The molecule has 24 heavy (non-hydrogen) atoms. The van der Waals surface area contributed by atoms with E-state index in [9.17, 15) is 0 Å². The van der Waals surface area contributed by atoms with Crippen LogP contribution in [0.25, 0.3) is 0 Å². The van der Waals surface area contributed by atoms with Crippen LogP contribution in [-0.2, 0) is 6.54 Å². The minimum atomic E-state index is 0.270. The fourth-order valence-corrected chi connectivity index (χ4v) is 3.68. The van der Waals surface area contributed by atoms with E-state index < -0.39 is 0 Å². The van der Waals surface area contributed by atoms with Gasteiger partial charge in [-0.15, -0.1) is 0 Å². The molecule has 3 rings (SSSR count). The Kier molecular flexibility index (Phi) is 4.94. The van der Waals surface area contributed by atoms with E-state index >= 15 is 0 Å². The Bertz CT molecular complexity index is 769. The highest BCUT2D eigenvalue weighted by Gasteiger charge is 2.27. The van der Waals surface area contributed by atoms with Gasteiger partial charge in [0.15, 0.2) is 0 Å². The molecule has 0 aliphatic heterocycles. The lowest BCUT2D eigenvalue weighted by atomic mass is 9.78. The van der Waals surface area contributed by atoms with Crippen LogP contribution in [0, 0.1) is 28.6 Å². The molecule has 1 aromatic rings. The monoisotopic (exact) mass is 316 g/mol. The van der Waals surface area contributed by atoms with Crippen molar-refractivity contribution in [2.45, 2.75) is 32.2 Å². The maximum Gasteiger partial charge on any atom is 0.132 e. The molecule has 1 N–H and O–H groups in total. The Morgan fingerprint density at radius 2 is 1.79 bits per heavy atom. The lowest BCUT2D eigenvalue weighted by Crippen LogP contribution is -3.05. The average Bonchev–Trinajstić information content (AvgIpc) is 2.63. The molecule has 0 radical (unpaired) electrons. The Balaban J connectivity index is 1.83. The van der Waals surface area contributed by atoms with Gasteiger partial charge in [-0.2, -0.15) is 10.5 Å². The van der Waals surface area contributed by atoms with Crippen LogP contribution in [-0.4, -0.2) is 7.05 Å². The first-order valence-electron chi connectivity index (χ1n) is 8.53. The summed E-state index contributed by atoms with van der Waals surface area (Å²) in [6, 6.07) is 14.6. The Morgan fingerprint density at radius 3 is 2.50 bits per heavy atom. The molecule has 0 amide bonds. The largest absolute Gasteiger partial charge is 0.305 e. The summed E-state index contributed by atoms with van der Waals surface area (Å²) in [5.74, 6) is 0.584. The molecule has 1 unspecified atom stereocenters. The summed E-state index contributed by atoms with van der Waals surface area (Å²) in [4.78, 5) is 1.41. The van der Waals surface area contributed by atoms with Gasteiger partial charge in [0.1, 0.15) is 30.0 Å². The molecule has 1 aromatic carbocycles. The van der Waals surface area contributed by atoms with Crippen LogP contribution < -0.4 is 4.90 Å². The summed E-state index contributed by atoms with van der Waals surface area (Å²) in [6.45, 7) is 0.981. The number of hydrogen-bond acceptors (Lipinski definition) is 2. The van der Waals surface area contributed by atoms with Crippen LogP contribution >= 0.6 is 0 Å². The van der Waals surface area contributed by atoms with Gasteiger partial charge >= 0.3 is 0 Å². The van der Waals surface area contributed by atoms with Crippen molar-refractivity contribution < 1.29 is 4.90 Å². The van der Waals surface area contributed by atoms with Crippen molar-refractivity contribution in [2.75, 3.05) is 7.05 Å². The van der Waals surface area contributed by atoms with E-state index in [1.54, 1.807) is 0 Å². The predicted molar refractivity (Wildman–Crippen MR) is 93.4 cm³/mol. The molecule has 2 aliphatic carbocycles. The molecule has 0 saturated carbocycles. The molecular weight excluding hydrogens is 294 g/mol. The number of rotatable bonds is 3. The van der Waals surface area contributed by atoms with E-state index in [0.717, 1.165) is 31.4 Å². The Morgan fingerprint density at radius 1 is 1.08 bits per heavy atom. The lowest BCUT2D eigenvalue weighted by molar-refractivity contribution is -0.855. The number of benzene rings is 1. The molecule has 0 aromatic heterocycles. The highest BCUT2D eigenvalue weighted by Crippen LogP contribution is 2.36. The van der Waals surface area contributed by atoms with Gasteiger partial charge in [0.05, 0.1) is 7.05 Å². The first kappa shape index (κ1) is 16.2. The molecule has 0 saturated heterocycles. The van der Waals surface area contributed by atoms with Crippen molar-refractivity contribution in [2.24, 2.45) is 5.92 Å². The number of quaternary nitrogens is 1. The van der Waals surface area contributed by atoms with E-state index in [4.69, 9.17) is 10.5 Å². The van der Waals surface area contributed by atoms with Crippen molar-refractivity contribution in [3.8, 4) is 12.1 Å². The zero-order valence-electron chi connectivity index (χ0n) is 14.0. The van der Waals surface area contributed by atoms with Gasteiger partial charge in [-0.3, -0.25) is 0 Å². The smallest absolute Gasteiger partial charge is 0.132 e. The van der Waals surface area contributed by atoms with Gasteiger partial charge in [-0.1, -0.05) is 36.4 Å². The fourth-order valence-electron chi connectivity index (χ4n) is 3.68. The number of nitrogens with one attached hydrogen (secondary N) is 1. The molecule has 3 heteroatoms. The summed E-state index contributed by atoms with van der Waals surface area (Å²) >= 11 is 0. The molecule has 0 spiro atoms. The van der Waals surface area contributed by atoms with Gasteiger partial charge in [0, 0.05) is 12.0 Å². The van der Waals surface area contributed by atoms with E-state index in [1.807, 2.05) is 18.2 Å². The van der Waals surface area contributed by atoms with E-state index in [0.29, 0.717) is 5.92 Å². The van der Waals surface area contributed by atoms with E-state index in [1.165, 1.54) is 28.2 Å². The summed E-state index contributed by atoms with van der Waals surface area (Å²) in [5.41, 5.74) is 5.23. The van der Waals surface area contributed by atoms with Crippen molar-refractivity contribution >= 4 is 0 Å². The number of hydrogen-bond donors (Lipinski definition) is 1. The first-order chi connectivity index (χ1) is 11.7. The standard InChI is InChI=1S/C21H21N3/c1-24(15-16-5-3-2-4-6-16)21-10-9-17-7-8-18(11-19(17)12-21)20(13-22)14-23/h2-6,11-12,17H,7-10,15H2,1H3/p+1/t17-/m0/s1. The van der Waals surface area contributed by atoms with Gasteiger partial charge < -0.3 is 4.90 Å². The maximum atomic E-state index is 9.10. The van der Waals surface area contributed by atoms with Crippen LogP contribution in [0.4, 0.5) is 0 Å². The molecule has 120 valence electrons. The van der Waals surface area contributed by atoms with Crippen molar-refractivity contribution in [3.05, 3.63) is 70.5 Å². The molecule has 2 atom stereocenters. The minimum absolute atomic E-state index is 0.270. The SMILES string of the molecule is C[NH+](Cc1ccccc1)C1=CC2=CC(=C(C#N)C#N)CC[C@H]2CC1. The molecule has 2 aliphatic rings. The van der Waals surface area contributed by atoms with Gasteiger partial charge in [-0.25, -0.2) is 0 Å². The second-order valence-corrected chi connectivity index (χ2v) is 6.65. The van der Waals surface area contributed by atoms with Crippen molar-refractivity contribution in [3.63, 3.8) is 0 Å². The van der Waals surface area contributed by atoms with Gasteiger partial charge in [-0.05, 0) is 42.4 Å². The Labute approximate surface area is 143 Å². The Hall–Kier alpha value is -2.62. The third kappa shape index (κ3) is 3.48. The van der Waals surface area contributed by atoms with Crippen LogP contribution in [0.1, 0.15) is 31.2 Å². The molecule has 0 bridgehead atoms. The minimum Gasteiger partial charge on any atom is -0.305 e. The highest BCUT2D eigenvalue weighted by molar-refractivity contribution is 5.49. The van der Waals surface area contributed by atoms with Crippen molar-refractivity contribution in [1.82, 2.24) is 0 Å². The average molecular weight is 316 g/mol. The molecule has 3 nitrogen and oxygen atoms in total. The zero-order chi connectivity index (χ0) is 16.9. The van der Waals surface area contributed by atoms with E-state index in [-0.39, 0.29) is 5.57 Å². The van der Waals surface area contributed by atoms with E-state index in [2.05, 4.69) is 43.5 Å². The molecular formula is C21H22N3+. The van der Waals surface area contributed by atoms with Crippen LogP contribution in [0.5, 0.6) is 0 Å². The predicted octanol–water partition coefficient (Wildman–Crippen LogP) is 3.06. The number of nitriles is 2. The maximum absolute atomic E-state index is 9.10. The van der Waals surface area contributed by atoms with Crippen LogP contribution in [0.15, 0.2) is 64.9 Å². The van der Waals surface area contributed by atoms with Crippen LogP contribution in [0.3, 0.4) is 0 Å². The number of allylic oxidation sites excluding steroid dienone is 6. The normalized spacial score (nSPS) is 20.8. The summed E-state index contributed by atoms with van der Waals surface area (Å²) < 4.78 is 0. The van der Waals surface area contributed by atoms with Gasteiger partial charge in [0.2, 0.25) is 0 Å². The molecule has 0 fully saturated rings.